The van der Waals surface area contributed by atoms with Gasteiger partial charge in [0.15, 0.2) is 0 Å². The summed E-state index contributed by atoms with van der Waals surface area (Å²) in [4.78, 5) is 24.0. The number of aldehydes is 1. The number of nitrogens with zero attached hydrogens (tertiary/aromatic N) is 1. The molecule has 0 aromatic heterocycles. The molecule has 0 radical (unpaired) electrons. The quantitative estimate of drug-likeness (QED) is 0.546. The van der Waals surface area contributed by atoms with Crippen LogP contribution in [0.5, 0.6) is 0 Å². The Balaban J connectivity index is 2.63. The van der Waals surface area contributed by atoms with Gasteiger partial charge in [0.05, 0.1) is 6.04 Å². The third kappa shape index (κ3) is 2.84. The van der Waals surface area contributed by atoms with Gasteiger partial charge in [-0.15, -0.1) is 6.58 Å². The standard InChI is InChI=1S/C12H19NO3/c1-5-6-9-7-10(8-14)13(9)11(15)16-12(2,3)4/h5,8-10H,1,6-7H2,2-4H3/t9-,10-/m1/s1. The van der Waals surface area contributed by atoms with E-state index in [2.05, 4.69) is 6.58 Å². The fourth-order valence-electron chi connectivity index (χ4n) is 1.76. The summed E-state index contributed by atoms with van der Waals surface area (Å²) in [7, 11) is 0. The molecule has 0 unspecified atom stereocenters. The van der Waals surface area contributed by atoms with E-state index in [1.54, 1.807) is 6.08 Å². The zero-order valence-electron chi connectivity index (χ0n) is 10.1. The molecular formula is C12H19NO3. The van der Waals surface area contributed by atoms with E-state index >= 15 is 0 Å². The van der Waals surface area contributed by atoms with Crippen LogP contribution in [0.2, 0.25) is 0 Å². The number of hydrogen-bond acceptors (Lipinski definition) is 3. The van der Waals surface area contributed by atoms with Gasteiger partial charge < -0.3 is 9.53 Å². The molecule has 0 aliphatic carbocycles. The van der Waals surface area contributed by atoms with E-state index in [0.717, 1.165) is 6.29 Å². The molecular weight excluding hydrogens is 206 g/mol. The van der Waals surface area contributed by atoms with Crippen molar-refractivity contribution in [2.45, 2.75) is 51.3 Å². The van der Waals surface area contributed by atoms with Gasteiger partial charge in [-0.3, -0.25) is 4.90 Å². The number of carbonyl (C=O) groups excluding carboxylic acids is 2. The van der Waals surface area contributed by atoms with E-state index in [9.17, 15) is 9.59 Å². The molecule has 1 rings (SSSR count). The van der Waals surface area contributed by atoms with Crippen LogP contribution in [0.15, 0.2) is 12.7 Å². The first kappa shape index (κ1) is 12.7. The Kier molecular flexibility index (Phi) is 3.73. The zero-order chi connectivity index (χ0) is 12.3. The summed E-state index contributed by atoms with van der Waals surface area (Å²) in [5, 5.41) is 0. The van der Waals surface area contributed by atoms with Crippen molar-refractivity contribution < 1.29 is 14.3 Å². The first-order valence-corrected chi connectivity index (χ1v) is 5.46. The lowest BCUT2D eigenvalue weighted by Gasteiger charge is -2.45. The normalized spacial score (nSPS) is 24.6. The molecule has 16 heavy (non-hydrogen) atoms. The average molecular weight is 225 g/mol. The van der Waals surface area contributed by atoms with Gasteiger partial charge in [0.2, 0.25) is 0 Å². The topological polar surface area (TPSA) is 46.6 Å². The predicted octanol–water partition coefficient (Wildman–Crippen LogP) is 2.14. The lowest BCUT2D eigenvalue weighted by Crippen LogP contribution is -2.60. The van der Waals surface area contributed by atoms with Crippen molar-refractivity contribution in [3.63, 3.8) is 0 Å². The van der Waals surface area contributed by atoms with Gasteiger partial charge in [-0.25, -0.2) is 4.79 Å². The summed E-state index contributed by atoms with van der Waals surface area (Å²) >= 11 is 0. The zero-order valence-corrected chi connectivity index (χ0v) is 10.1. The van der Waals surface area contributed by atoms with Crippen LogP contribution in [0.4, 0.5) is 4.79 Å². The van der Waals surface area contributed by atoms with Crippen molar-refractivity contribution in [3.05, 3.63) is 12.7 Å². The summed E-state index contributed by atoms with van der Waals surface area (Å²) < 4.78 is 5.24. The Morgan fingerprint density at radius 3 is 2.62 bits per heavy atom. The van der Waals surface area contributed by atoms with Crippen molar-refractivity contribution in [1.29, 1.82) is 0 Å². The molecule has 4 heteroatoms. The van der Waals surface area contributed by atoms with Gasteiger partial charge in [-0.1, -0.05) is 6.08 Å². The average Bonchev–Trinajstić information content (AvgIpc) is 2.07. The Labute approximate surface area is 96.3 Å². The lowest BCUT2D eigenvalue weighted by molar-refractivity contribution is -0.119. The molecule has 1 saturated heterocycles. The first-order valence-electron chi connectivity index (χ1n) is 5.46. The molecule has 90 valence electrons. The molecule has 1 aliphatic heterocycles. The van der Waals surface area contributed by atoms with Crippen molar-refractivity contribution in [3.8, 4) is 0 Å². The smallest absolute Gasteiger partial charge is 0.411 e. The summed E-state index contributed by atoms with van der Waals surface area (Å²) in [6.07, 6.45) is 3.54. The highest BCUT2D eigenvalue weighted by atomic mass is 16.6. The van der Waals surface area contributed by atoms with E-state index < -0.39 is 11.7 Å². The number of ether oxygens (including phenoxy) is 1. The Morgan fingerprint density at radius 1 is 1.56 bits per heavy atom. The molecule has 0 aromatic rings. The van der Waals surface area contributed by atoms with E-state index in [4.69, 9.17) is 4.74 Å². The molecule has 0 N–H and O–H groups in total. The second-order valence-electron chi connectivity index (χ2n) is 5.00. The first-order chi connectivity index (χ1) is 7.39. The molecule has 2 atom stereocenters. The second-order valence-corrected chi connectivity index (χ2v) is 5.00. The van der Waals surface area contributed by atoms with Gasteiger partial charge in [-0.05, 0) is 33.6 Å². The second kappa shape index (κ2) is 4.68. The Bertz CT molecular complexity index is 293. The van der Waals surface area contributed by atoms with Gasteiger partial charge >= 0.3 is 6.09 Å². The number of carbonyl (C=O) groups is 2. The molecule has 4 nitrogen and oxygen atoms in total. The van der Waals surface area contributed by atoms with Crippen LogP contribution in [0.3, 0.4) is 0 Å². The van der Waals surface area contributed by atoms with Crippen molar-refractivity contribution in [2.24, 2.45) is 0 Å². The molecule has 0 aromatic carbocycles. The van der Waals surface area contributed by atoms with Crippen LogP contribution in [0.25, 0.3) is 0 Å². The molecule has 0 bridgehead atoms. The van der Waals surface area contributed by atoms with Gasteiger partial charge in [0, 0.05) is 6.04 Å². The van der Waals surface area contributed by atoms with Crippen LogP contribution in [-0.2, 0) is 9.53 Å². The lowest BCUT2D eigenvalue weighted by atomic mass is 9.92. The predicted molar refractivity (Wildman–Crippen MR) is 61.1 cm³/mol. The van der Waals surface area contributed by atoms with Crippen LogP contribution in [0, 0.1) is 0 Å². The number of rotatable bonds is 3. The molecule has 1 aliphatic rings. The minimum Gasteiger partial charge on any atom is -0.444 e. The summed E-state index contributed by atoms with van der Waals surface area (Å²) in [6.45, 7) is 9.06. The maximum Gasteiger partial charge on any atom is 0.411 e. The summed E-state index contributed by atoms with van der Waals surface area (Å²) in [6, 6.07) is -0.276. The third-order valence-corrected chi connectivity index (χ3v) is 2.46. The van der Waals surface area contributed by atoms with Crippen molar-refractivity contribution in [1.82, 2.24) is 4.90 Å². The Hall–Kier alpha value is -1.32. The number of likely N-dealkylation sites (tertiary alicyclic amines) is 1. The highest BCUT2D eigenvalue weighted by molar-refractivity contribution is 5.76. The molecule has 1 amide bonds. The SMILES string of the molecule is C=CC[C@@H]1C[C@H](C=O)N1C(=O)OC(C)(C)C. The maximum absolute atomic E-state index is 11.8. The van der Waals surface area contributed by atoms with E-state index in [1.807, 2.05) is 20.8 Å². The van der Waals surface area contributed by atoms with E-state index in [1.165, 1.54) is 4.90 Å². The molecule has 0 spiro atoms. The summed E-state index contributed by atoms with van der Waals surface area (Å²) in [5.74, 6) is 0. The van der Waals surface area contributed by atoms with E-state index in [0.29, 0.717) is 12.8 Å². The largest absolute Gasteiger partial charge is 0.444 e. The van der Waals surface area contributed by atoms with Gasteiger partial charge in [-0.2, -0.15) is 0 Å². The highest BCUT2D eigenvalue weighted by Gasteiger charge is 2.42. The van der Waals surface area contributed by atoms with E-state index in [-0.39, 0.29) is 12.1 Å². The third-order valence-electron chi connectivity index (χ3n) is 2.46. The van der Waals surface area contributed by atoms with Crippen molar-refractivity contribution >= 4 is 12.4 Å². The highest BCUT2D eigenvalue weighted by Crippen LogP contribution is 2.29. The number of hydrogen-bond donors (Lipinski definition) is 0. The minimum atomic E-state index is -0.529. The van der Waals surface area contributed by atoms with Gasteiger partial charge in [0.25, 0.3) is 0 Å². The maximum atomic E-state index is 11.8. The molecule has 0 saturated carbocycles. The van der Waals surface area contributed by atoms with Crippen LogP contribution >= 0.6 is 0 Å². The molecule has 1 heterocycles. The number of amides is 1. The Morgan fingerprint density at radius 2 is 2.19 bits per heavy atom. The summed E-state index contributed by atoms with van der Waals surface area (Å²) in [5.41, 5.74) is -0.529. The van der Waals surface area contributed by atoms with Crippen LogP contribution in [-0.4, -0.2) is 35.0 Å². The fourth-order valence-corrected chi connectivity index (χ4v) is 1.76. The van der Waals surface area contributed by atoms with Crippen molar-refractivity contribution in [2.75, 3.05) is 0 Å². The molecule has 1 fully saturated rings. The monoisotopic (exact) mass is 225 g/mol. The fraction of sp³-hybridized carbons (Fsp3) is 0.667. The van der Waals surface area contributed by atoms with Crippen LogP contribution < -0.4 is 0 Å². The van der Waals surface area contributed by atoms with Gasteiger partial charge in [0.1, 0.15) is 11.9 Å². The minimum absolute atomic E-state index is 0.0579. The van der Waals surface area contributed by atoms with Crippen LogP contribution in [0.1, 0.15) is 33.6 Å².